The van der Waals surface area contributed by atoms with Gasteiger partial charge in [-0.3, -0.25) is 10.00 Å². The molecule has 1 aromatic carbocycles. The highest BCUT2D eigenvalue weighted by atomic mass is 35.5. The summed E-state index contributed by atoms with van der Waals surface area (Å²) < 4.78 is 0. The summed E-state index contributed by atoms with van der Waals surface area (Å²) in [7, 11) is 0. The van der Waals surface area contributed by atoms with Crippen molar-refractivity contribution >= 4 is 17.4 Å². The summed E-state index contributed by atoms with van der Waals surface area (Å²) in [5.74, 6) is 0.494. The van der Waals surface area contributed by atoms with Crippen molar-refractivity contribution in [2.24, 2.45) is 0 Å². The Labute approximate surface area is 123 Å². The minimum Gasteiger partial charge on any atom is -0.382 e. The first-order valence-corrected chi connectivity index (χ1v) is 7.42. The van der Waals surface area contributed by atoms with Crippen LogP contribution in [-0.4, -0.2) is 28.2 Å². The number of nitrogens with two attached hydrogens (primary N) is 1. The standard InChI is InChI=1S/C15H19ClN4/c16-13-8-11(14-9-15(17)19-18-14)4-5-12(13)10-20-6-2-1-3-7-20/h4-5,8-9H,1-3,6-7,10H2,(H3,17,18,19). The number of H-pyrrole nitrogens is 1. The van der Waals surface area contributed by atoms with Crippen molar-refractivity contribution in [3.63, 3.8) is 0 Å². The lowest BCUT2D eigenvalue weighted by Crippen LogP contribution is -2.29. The SMILES string of the molecule is Nc1cc(-c2ccc(CN3CCCCC3)c(Cl)c2)[nH]n1. The zero-order valence-corrected chi connectivity index (χ0v) is 12.2. The van der Waals surface area contributed by atoms with Gasteiger partial charge in [0.1, 0.15) is 5.82 Å². The third-order valence-corrected chi connectivity index (χ3v) is 4.16. The largest absolute Gasteiger partial charge is 0.382 e. The number of hydrogen-bond donors (Lipinski definition) is 2. The summed E-state index contributed by atoms with van der Waals surface area (Å²) in [6, 6.07) is 7.96. The van der Waals surface area contributed by atoms with E-state index in [-0.39, 0.29) is 0 Å². The van der Waals surface area contributed by atoms with Crippen LogP contribution in [-0.2, 0) is 6.54 Å². The van der Waals surface area contributed by atoms with Gasteiger partial charge in [-0.2, -0.15) is 5.10 Å². The Morgan fingerprint density at radius 2 is 2.00 bits per heavy atom. The lowest BCUT2D eigenvalue weighted by atomic mass is 10.1. The van der Waals surface area contributed by atoms with Crippen LogP contribution in [0.5, 0.6) is 0 Å². The number of piperidine rings is 1. The number of anilines is 1. The number of hydrogen-bond acceptors (Lipinski definition) is 3. The minimum absolute atomic E-state index is 0.494. The molecular weight excluding hydrogens is 272 g/mol. The van der Waals surface area contributed by atoms with Crippen LogP contribution in [0.3, 0.4) is 0 Å². The van der Waals surface area contributed by atoms with Gasteiger partial charge in [0.15, 0.2) is 0 Å². The van der Waals surface area contributed by atoms with Crippen molar-refractivity contribution in [2.75, 3.05) is 18.8 Å². The van der Waals surface area contributed by atoms with Gasteiger partial charge in [0.25, 0.3) is 0 Å². The molecule has 1 saturated heterocycles. The third-order valence-electron chi connectivity index (χ3n) is 3.80. The number of halogens is 1. The summed E-state index contributed by atoms with van der Waals surface area (Å²) in [6.45, 7) is 3.29. The van der Waals surface area contributed by atoms with Crippen molar-refractivity contribution in [3.05, 3.63) is 34.9 Å². The molecule has 1 fully saturated rings. The third kappa shape index (κ3) is 2.97. The van der Waals surface area contributed by atoms with E-state index in [1.165, 1.54) is 37.9 Å². The fourth-order valence-corrected chi connectivity index (χ4v) is 2.93. The molecule has 0 bridgehead atoms. The second-order valence-electron chi connectivity index (χ2n) is 5.35. The molecule has 3 N–H and O–H groups in total. The lowest BCUT2D eigenvalue weighted by Gasteiger charge is -2.26. The summed E-state index contributed by atoms with van der Waals surface area (Å²) in [5, 5.41) is 7.65. The molecule has 5 heteroatoms. The minimum atomic E-state index is 0.494. The van der Waals surface area contributed by atoms with E-state index >= 15 is 0 Å². The second kappa shape index (κ2) is 5.85. The highest BCUT2D eigenvalue weighted by molar-refractivity contribution is 6.31. The monoisotopic (exact) mass is 290 g/mol. The van der Waals surface area contributed by atoms with E-state index in [4.69, 9.17) is 17.3 Å². The summed E-state index contributed by atoms with van der Waals surface area (Å²) >= 11 is 6.41. The van der Waals surface area contributed by atoms with E-state index in [2.05, 4.69) is 27.2 Å². The van der Waals surface area contributed by atoms with Gasteiger partial charge in [-0.15, -0.1) is 0 Å². The fourth-order valence-electron chi connectivity index (χ4n) is 2.69. The Morgan fingerprint density at radius 1 is 1.20 bits per heavy atom. The van der Waals surface area contributed by atoms with Gasteiger partial charge in [0, 0.05) is 23.2 Å². The maximum Gasteiger partial charge on any atom is 0.145 e. The Morgan fingerprint density at radius 3 is 2.65 bits per heavy atom. The smallest absolute Gasteiger partial charge is 0.145 e. The Hall–Kier alpha value is -1.52. The highest BCUT2D eigenvalue weighted by Crippen LogP contribution is 2.26. The number of nitrogen functional groups attached to an aromatic ring is 1. The van der Waals surface area contributed by atoms with E-state index in [1.54, 1.807) is 0 Å². The number of nitrogens with zero attached hydrogens (tertiary/aromatic N) is 2. The maximum atomic E-state index is 6.41. The molecule has 1 aliphatic rings. The zero-order chi connectivity index (χ0) is 13.9. The molecule has 1 aliphatic heterocycles. The van der Waals surface area contributed by atoms with Crippen LogP contribution in [0.2, 0.25) is 5.02 Å². The van der Waals surface area contributed by atoms with Gasteiger partial charge in [-0.1, -0.05) is 30.2 Å². The van der Waals surface area contributed by atoms with Gasteiger partial charge in [0.2, 0.25) is 0 Å². The van der Waals surface area contributed by atoms with E-state index in [0.29, 0.717) is 5.82 Å². The highest BCUT2D eigenvalue weighted by Gasteiger charge is 2.13. The maximum absolute atomic E-state index is 6.41. The lowest BCUT2D eigenvalue weighted by molar-refractivity contribution is 0.221. The van der Waals surface area contributed by atoms with Crippen molar-refractivity contribution in [1.82, 2.24) is 15.1 Å². The van der Waals surface area contributed by atoms with Gasteiger partial charge < -0.3 is 5.73 Å². The van der Waals surface area contributed by atoms with E-state index in [0.717, 1.165) is 22.8 Å². The van der Waals surface area contributed by atoms with E-state index in [9.17, 15) is 0 Å². The van der Waals surface area contributed by atoms with Crippen LogP contribution in [0.1, 0.15) is 24.8 Å². The molecule has 0 aliphatic carbocycles. The van der Waals surface area contributed by atoms with Crippen molar-refractivity contribution < 1.29 is 0 Å². The molecular formula is C15H19ClN4. The number of nitrogens with one attached hydrogen (secondary N) is 1. The number of aromatic amines is 1. The number of aromatic nitrogens is 2. The van der Waals surface area contributed by atoms with Gasteiger partial charge in [-0.05, 0) is 37.6 Å². The predicted molar refractivity (Wildman–Crippen MR) is 82.6 cm³/mol. The molecule has 2 heterocycles. The van der Waals surface area contributed by atoms with Crippen molar-refractivity contribution in [3.8, 4) is 11.3 Å². The van der Waals surface area contributed by atoms with Gasteiger partial charge in [-0.25, -0.2) is 0 Å². The van der Waals surface area contributed by atoms with E-state index in [1.807, 2.05) is 12.1 Å². The molecule has 0 radical (unpaired) electrons. The molecule has 4 nitrogen and oxygen atoms in total. The zero-order valence-electron chi connectivity index (χ0n) is 11.4. The Balaban J connectivity index is 1.76. The molecule has 0 amide bonds. The van der Waals surface area contributed by atoms with Crippen LogP contribution in [0, 0.1) is 0 Å². The molecule has 0 atom stereocenters. The molecule has 2 aromatic rings. The first-order valence-electron chi connectivity index (χ1n) is 7.04. The summed E-state index contributed by atoms with van der Waals surface area (Å²) in [6.07, 6.45) is 3.94. The number of likely N-dealkylation sites (tertiary alicyclic amines) is 1. The van der Waals surface area contributed by atoms with Gasteiger partial charge in [0.05, 0.1) is 5.69 Å². The second-order valence-corrected chi connectivity index (χ2v) is 5.76. The molecule has 3 rings (SSSR count). The van der Waals surface area contributed by atoms with Crippen molar-refractivity contribution in [2.45, 2.75) is 25.8 Å². The average molecular weight is 291 g/mol. The summed E-state index contributed by atoms with van der Waals surface area (Å²) in [4.78, 5) is 2.47. The van der Waals surface area contributed by atoms with Crippen molar-refractivity contribution in [1.29, 1.82) is 0 Å². The number of rotatable bonds is 3. The normalized spacial score (nSPS) is 16.4. The summed E-state index contributed by atoms with van der Waals surface area (Å²) in [5.41, 5.74) is 8.72. The molecule has 0 spiro atoms. The van der Waals surface area contributed by atoms with Crippen LogP contribution < -0.4 is 5.73 Å². The first kappa shape index (κ1) is 13.5. The topological polar surface area (TPSA) is 57.9 Å². The van der Waals surface area contributed by atoms with Crippen LogP contribution in [0.4, 0.5) is 5.82 Å². The van der Waals surface area contributed by atoms with Crippen LogP contribution >= 0.6 is 11.6 Å². The molecule has 0 saturated carbocycles. The Bertz CT molecular complexity index is 587. The molecule has 106 valence electrons. The Kier molecular flexibility index (Phi) is 3.94. The van der Waals surface area contributed by atoms with Crippen LogP contribution in [0.25, 0.3) is 11.3 Å². The molecule has 0 unspecified atom stereocenters. The average Bonchev–Trinajstić information content (AvgIpc) is 2.89. The predicted octanol–water partition coefficient (Wildman–Crippen LogP) is 3.30. The van der Waals surface area contributed by atoms with Gasteiger partial charge >= 0.3 is 0 Å². The van der Waals surface area contributed by atoms with E-state index < -0.39 is 0 Å². The van der Waals surface area contributed by atoms with Crippen LogP contribution in [0.15, 0.2) is 24.3 Å². The molecule has 1 aromatic heterocycles. The molecule has 20 heavy (non-hydrogen) atoms. The number of benzene rings is 1. The first-order chi connectivity index (χ1) is 9.72. The quantitative estimate of drug-likeness (QED) is 0.912. The fraction of sp³-hybridized carbons (Fsp3) is 0.400.